The van der Waals surface area contributed by atoms with Gasteiger partial charge < -0.3 is 10.2 Å². The number of carbonyl (C=O) groups is 1. The van der Waals surface area contributed by atoms with Crippen molar-refractivity contribution in [2.45, 2.75) is 6.42 Å². The molecule has 1 aromatic carbocycles. The highest BCUT2D eigenvalue weighted by Crippen LogP contribution is 2.35. The summed E-state index contributed by atoms with van der Waals surface area (Å²) in [7, 11) is 0. The number of nitrogens with one attached hydrogen (secondary N) is 1. The highest BCUT2D eigenvalue weighted by atomic mass is 32.1. The number of allylic oxidation sites excluding steroid dienone is 2. The van der Waals surface area contributed by atoms with E-state index in [1.165, 1.54) is 5.70 Å². The molecule has 18 heavy (non-hydrogen) atoms. The molecule has 1 N–H and O–H groups in total. The Bertz CT molecular complexity index is 592. The Balaban J connectivity index is 2.04. The minimum absolute atomic E-state index is 0.370. The molecule has 0 atom stereocenters. The van der Waals surface area contributed by atoms with Crippen LogP contribution >= 0.6 is 0 Å². The van der Waals surface area contributed by atoms with Gasteiger partial charge in [-0.2, -0.15) is 0 Å². The highest BCUT2D eigenvalue weighted by molar-refractivity contribution is 7.47. The predicted octanol–water partition coefficient (Wildman–Crippen LogP) is 2.59. The minimum Gasteiger partial charge on any atom is -0.378 e. The lowest BCUT2D eigenvalue weighted by atomic mass is 10.1. The van der Waals surface area contributed by atoms with Gasteiger partial charge in [0.1, 0.15) is 0 Å². The van der Waals surface area contributed by atoms with Crippen LogP contribution in [-0.2, 0) is 12.4 Å². The van der Waals surface area contributed by atoms with E-state index in [0.29, 0.717) is 5.56 Å². The standard InChI is InChI=1S/C13H11N3OS/c17-13(15-18)9-4-5-12-11(7-9)14-8-10-3-1-2-6-16(10)12/h2-7,14H,1,8H2. The molecule has 4 nitrogen and oxygen atoms in total. The van der Waals surface area contributed by atoms with Crippen LogP contribution in [-0.4, -0.2) is 12.5 Å². The average Bonchev–Trinajstić information content (AvgIpc) is 2.45. The van der Waals surface area contributed by atoms with Crippen molar-refractivity contribution in [2.24, 2.45) is 4.36 Å². The van der Waals surface area contributed by atoms with Crippen molar-refractivity contribution >= 4 is 29.7 Å². The SMILES string of the molecule is O=C(N=S)c1ccc2c(c1)NCC1=CCC=CN12. The molecule has 1 amide bonds. The topological polar surface area (TPSA) is 44.7 Å². The molecule has 5 heteroatoms. The van der Waals surface area contributed by atoms with Gasteiger partial charge in [-0.3, -0.25) is 4.79 Å². The van der Waals surface area contributed by atoms with Crippen molar-refractivity contribution in [1.29, 1.82) is 0 Å². The number of rotatable bonds is 1. The smallest absolute Gasteiger partial charge is 0.288 e. The van der Waals surface area contributed by atoms with Gasteiger partial charge >= 0.3 is 0 Å². The molecular formula is C13H11N3OS. The molecule has 0 spiro atoms. The Morgan fingerprint density at radius 1 is 1.44 bits per heavy atom. The third-order valence-electron chi connectivity index (χ3n) is 3.10. The van der Waals surface area contributed by atoms with E-state index in [1.54, 1.807) is 12.1 Å². The second kappa shape index (κ2) is 4.34. The molecule has 0 saturated heterocycles. The predicted molar refractivity (Wildman–Crippen MR) is 73.4 cm³/mol. The van der Waals surface area contributed by atoms with Crippen LogP contribution in [0, 0.1) is 0 Å². The van der Waals surface area contributed by atoms with Crippen LogP contribution in [0.4, 0.5) is 11.4 Å². The van der Waals surface area contributed by atoms with Crippen LogP contribution in [0.15, 0.2) is 46.6 Å². The van der Waals surface area contributed by atoms with Crippen molar-refractivity contribution in [2.75, 3.05) is 16.8 Å². The normalized spacial score (nSPS) is 16.2. The monoisotopic (exact) mass is 257 g/mol. The first kappa shape index (κ1) is 11.1. The number of nitrogens with zero attached hydrogens (tertiary/aromatic N) is 2. The van der Waals surface area contributed by atoms with E-state index in [2.05, 4.69) is 45.4 Å². The quantitative estimate of drug-likeness (QED) is 0.840. The molecule has 0 radical (unpaired) electrons. The first-order chi connectivity index (χ1) is 8.79. The molecule has 0 fully saturated rings. The second-order valence-electron chi connectivity index (χ2n) is 4.17. The van der Waals surface area contributed by atoms with E-state index in [0.717, 1.165) is 24.3 Å². The summed E-state index contributed by atoms with van der Waals surface area (Å²) in [5.74, 6) is -0.370. The van der Waals surface area contributed by atoms with Crippen molar-refractivity contribution in [3.63, 3.8) is 0 Å². The summed E-state index contributed by atoms with van der Waals surface area (Å²) in [6.45, 7) is 0.764. The zero-order chi connectivity index (χ0) is 12.5. The Labute approximate surface area is 110 Å². The summed E-state index contributed by atoms with van der Waals surface area (Å²) in [4.78, 5) is 13.6. The van der Waals surface area contributed by atoms with E-state index in [4.69, 9.17) is 0 Å². The molecule has 2 heterocycles. The number of hydrogen-bond acceptors (Lipinski definition) is 4. The first-order valence-electron chi connectivity index (χ1n) is 5.70. The second-order valence-corrected chi connectivity index (χ2v) is 4.35. The fourth-order valence-electron chi connectivity index (χ4n) is 2.22. The number of carbonyl (C=O) groups excluding carboxylic acids is 1. The Kier molecular flexibility index (Phi) is 2.68. The summed E-state index contributed by atoms with van der Waals surface area (Å²) in [5, 5.41) is 3.31. The fraction of sp³-hybridized carbons (Fsp3) is 0.154. The van der Waals surface area contributed by atoms with Gasteiger partial charge in [0, 0.05) is 29.9 Å². The maximum atomic E-state index is 11.4. The van der Waals surface area contributed by atoms with Crippen LogP contribution in [0.5, 0.6) is 0 Å². The number of fused-ring (bicyclic) bond motifs is 3. The van der Waals surface area contributed by atoms with Gasteiger partial charge in [-0.05, 0) is 24.6 Å². The van der Waals surface area contributed by atoms with Gasteiger partial charge in [-0.1, -0.05) is 12.2 Å². The van der Waals surface area contributed by atoms with Gasteiger partial charge in [0.15, 0.2) is 0 Å². The lowest BCUT2D eigenvalue weighted by Gasteiger charge is -2.33. The summed E-state index contributed by atoms with van der Waals surface area (Å²) in [6.07, 6.45) is 7.33. The summed E-state index contributed by atoms with van der Waals surface area (Å²) >= 11 is 4.43. The van der Waals surface area contributed by atoms with Crippen molar-refractivity contribution in [3.05, 3.63) is 47.8 Å². The molecule has 0 unspecified atom stereocenters. The van der Waals surface area contributed by atoms with Crippen molar-refractivity contribution in [1.82, 2.24) is 0 Å². The number of hydrogen-bond donors (Lipinski definition) is 1. The van der Waals surface area contributed by atoms with Crippen molar-refractivity contribution < 1.29 is 4.79 Å². The lowest BCUT2D eigenvalue weighted by molar-refractivity contribution is 0.101. The Morgan fingerprint density at radius 2 is 2.33 bits per heavy atom. The third kappa shape index (κ3) is 1.73. The third-order valence-corrected chi connectivity index (χ3v) is 3.27. The number of anilines is 2. The van der Waals surface area contributed by atoms with E-state index in [1.807, 2.05) is 6.07 Å². The molecule has 1 aromatic rings. The average molecular weight is 257 g/mol. The molecule has 0 saturated carbocycles. The van der Waals surface area contributed by atoms with E-state index >= 15 is 0 Å². The molecule has 2 aliphatic heterocycles. The minimum atomic E-state index is -0.370. The summed E-state index contributed by atoms with van der Waals surface area (Å²) in [6, 6.07) is 5.47. The maximum absolute atomic E-state index is 11.4. The van der Waals surface area contributed by atoms with Crippen LogP contribution in [0.1, 0.15) is 16.8 Å². The number of benzene rings is 1. The van der Waals surface area contributed by atoms with E-state index < -0.39 is 0 Å². The van der Waals surface area contributed by atoms with Gasteiger partial charge in [0.05, 0.1) is 17.9 Å². The van der Waals surface area contributed by atoms with E-state index in [-0.39, 0.29) is 5.91 Å². The number of amides is 1. The van der Waals surface area contributed by atoms with Crippen LogP contribution < -0.4 is 10.2 Å². The molecule has 0 aliphatic carbocycles. The van der Waals surface area contributed by atoms with Gasteiger partial charge in [0.25, 0.3) is 5.91 Å². The summed E-state index contributed by atoms with van der Waals surface area (Å²) < 4.78 is 3.27. The molecule has 0 bridgehead atoms. The largest absolute Gasteiger partial charge is 0.378 e. The Hall–Kier alpha value is -2.01. The van der Waals surface area contributed by atoms with Crippen LogP contribution in [0.3, 0.4) is 0 Å². The van der Waals surface area contributed by atoms with Gasteiger partial charge in [-0.25, -0.2) is 0 Å². The lowest BCUT2D eigenvalue weighted by Crippen LogP contribution is -2.29. The van der Waals surface area contributed by atoms with Crippen molar-refractivity contribution in [3.8, 4) is 0 Å². The molecule has 90 valence electrons. The first-order valence-corrected chi connectivity index (χ1v) is 6.06. The molecule has 0 aromatic heterocycles. The van der Waals surface area contributed by atoms with Crippen LogP contribution in [0.2, 0.25) is 0 Å². The fourth-order valence-corrected chi connectivity index (χ4v) is 2.32. The van der Waals surface area contributed by atoms with E-state index in [9.17, 15) is 4.79 Å². The van der Waals surface area contributed by atoms with Gasteiger partial charge in [0.2, 0.25) is 0 Å². The molecule has 3 rings (SSSR count). The zero-order valence-corrected chi connectivity index (χ0v) is 10.4. The zero-order valence-electron chi connectivity index (χ0n) is 9.59. The maximum Gasteiger partial charge on any atom is 0.288 e. The molecule has 2 aliphatic rings. The van der Waals surface area contributed by atoms with Gasteiger partial charge in [-0.15, -0.1) is 4.36 Å². The van der Waals surface area contributed by atoms with Crippen LogP contribution in [0.25, 0.3) is 0 Å². The highest BCUT2D eigenvalue weighted by Gasteiger charge is 2.21. The molecular weight excluding hydrogens is 246 g/mol. The Morgan fingerprint density at radius 3 is 3.17 bits per heavy atom. The summed E-state index contributed by atoms with van der Waals surface area (Å²) in [5.41, 5.74) is 3.73.